The molecule has 0 aromatic carbocycles. The van der Waals surface area contributed by atoms with Gasteiger partial charge in [0.15, 0.2) is 16.6 Å². The molecule has 0 saturated carbocycles. The van der Waals surface area contributed by atoms with Gasteiger partial charge in [0, 0.05) is 6.42 Å². The van der Waals surface area contributed by atoms with Crippen LogP contribution >= 0.6 is 0 Å². The second kappa shape index (κ2) is 16.9. The van der Waals surface area contributed by atoms with Crippen molar-refractivity contribution in [3.63, 3.8) is 0 Å². The van der Waals surface area contributed by atoms with Crippen molar-refractivity contribution in [3.05, 3.63) is 16.8 Å². The van der Waals surface area contributed by atoms with E-state index >= 15 is 0 Å². The zero-order valence-electron chi connectivity index (χ0n) is 25.2. The summed E-state index contributed by atoms with van der Waals surface area (Å²) in [5.74, 6) is -0.0214. The number of ether oxygens (including phenoxy) is 1. The molecule has 2 N–H and O–H groups in total. The van der Waals surface area contributed by atoms with E-state index in [1.807, 2.05) is 0 Å². The van der Waals surface area contributed by atoms with Gasteiger partial charge in [0.05, 0.1) is 12.7 Å². The zero-order valence-corrected chi connectivity index (χ0v) is 27.2. The lowest BCUT2D eigenvalue weighted by molar-refractivity contribution is -0.0404. The zero-order chi connectivity index (χ0) is 28.0. The third-order valence-electron chi connectivity index (χ3n) is 7.61. The topological polar surface area (TPSA) is 101 Å². The van der Waals surface area contributed by atoms with E-state index in [0.29, 0.717) is 13.0 Å². The van der Waals surface area contributed by atoms with E-state index in [4.69, 9.17) is 19.3 Å². The SMILES string of the molecule is CCCCCCCC[Si](C)(C)OC[C@H]1O[C@@H](n2cnc(N)nc2=O)C[C@@H]1O[Si](C)(C)CCCCCCCC. The molecule has 1 aliphatic heterocycles. The summed E-state index contributed by atoms with van der Waals surface area (Å²) in [5.41, 5.74) is 5.17. The van der Waals surface area contributed by atoms with E-state index in [2.05, 4.69) is 50.0 Å². The number of unbranched alkanes of at least 4 members (excludes halogenated alkanes) is 10. The Balaban J connectivity index is 1.97. The molecule has 1 saturated heterocycles. The Morgan fingerprint density at radius 2 is 1.47 bits per heavy atom. The van der Waals surface area contributed by atoms with Crippen molar-refractivity contribution in [3.8, 4) is 0 Å². The number of hydrogen-bond donors (Lipinski definition) is 1. The first-order chi connectivity index (χ1) is 18.1. The maximum Gasteiger partial charge on any atom is 0.354 e. The standard InChI is InChI=1S/C28H56N4O4Si2/c1-7-9-11-13-15-17-19-37(3,4)34-22-25-24(36-38(5,6)20-18-16-14-12-10-8-2)21-26(35-25)32-23-30-27(29)31-28(32)33/h23-26H,7-22H2,1-6H3,(H2,29,31,33)/t24-,25+,26+/m0/s1. The van der Waals surface area contributed by atoms with Gasteiger partial charge in [-0.1, -0.05) is 90.9 Å². The van der Waals surface area contributed by atoms with Crippen LogP contribution in [-0.4, -0.2) is 50.0 Å². The molecule has 0 bridgehead atoms. The smallest absolute Gasteiger partial charge is 0.354 e. The largest absolute Gasteiger partial charge is 0.415 e. The Morgan fingerprint density at radius 3 is 2.05 bits per heavy atom. The maximum atomic E-state index is 12.5. The number of aromatic nitrogens is 3. The fourth-order valence-electron chi connectivity index (χ4n) is 5.21. The lowest BCUT2D eigenvalue weighted by Gasteiger charge is -2.31. The van der Waals surface area contributed by atoms with Gasteiger partial charge in [-0.2, -0.15) is 4.98 Å². The summed E-state index contributed by atoms with van der Waals surface area (Å²) >= 11 is 0. The van der Waals surface area contributed by atoms with Gasteiger partial charge in [-0.25, -0.2) is 9.78 Å². The Kier molecular flexibility index (Phi) is 14.7. The van der Waals surface area contributed by atoms with Gasteiger partial charge in [0.25, 0.3) is 0 Å². The van der Waals surface area contributed by atoms with Crippen LogP contribution in [0.15, 0.2) is 11.1 Å². The lowest BCUT2D eigenvalue weighted by atomic mass is 10.1. The molecule has 38 heavy (non-hydrogen) atoms. The van der Waals surface area contributed by atoms with E-state index < -0.39 is 28.6 Å². The summed E-state index contributed by atoms with van der Waals surface area (Å²) in [5, 5.41) is 0. The van der Waals surface area contributed by atoms with Gasteiger partial charge in [-0.3, -0.25) is 4.57 Å². The number of nitrogens with zero attached hydrogens (tertiary/aromatic N) is 3. The van der Waals surface area contributed by atoms with E-state index in [0.717, 1.165) is 12.1 Å². The Labute approximate surface area is 233 Å². The molecular formula is C28H56N4O4Si2. The Bertz CT molecular complexity index is 852. The van der Waals surface area contributed by atoms with Gasteiger partial charge >= 0.3 is 5.69 Å². The molecule has 1 aromatic rings. The van der Waals surface area contributed by atoms with E-state index in [9.17, 15) is 4.79 Å². The minimum Gasteiger partial charge on any atom is -0.415 e. The van der Waals surface area contributed by atoms with Crippen LogP contribution in [0, 0.1) is 0 Å². The van der Waals surface area contributed by atoms with E-state index in [1.54, 1.807) is 0 Å². The van der Waals surface area contributed by atoms with Crippen molar-refractivity contribution in [2.24, 2.45) is 0 Å². The van der Waals surface area contributed by atoms with Crippen molar-refractivity contribution < 1.29 is 13.6 Å². The number of nitrogens with two attached hydrogens (primary N) is 1. The number of anilines is 1. The van der Waals surface area contributed by atoms with Crippen molar-refractivity contribution >= 4 is 22.6 Å². The molecule has 2 heterocycles. The highest BCUT2D eigenvalue weighted by Gasteiger charge is 2.41. The van der Waals surface area contributed by atoms with Crippen LogP contribution < -0.4 is 11.4 Å². The van der Waals surface area contributed by atoms with Gasteiger partial charge < -0.3 is 19.3 Å². The summed E-state index contributed by atoms with van der Waals surface area (Å²) in [4.78, 5) is 20.3. The third kappa shape index (κ3) is 12.4. The summed E-state index contributed by atoms with van der Waals surface area (Å²) in [7, 11) is -3.72. The molecule has 0 spiro atoms. The number of nitrogen functional groups attached to an aromatic ring is 1. The highest BCUT2D eigenvalue weighted by atomic mass is 28.4. The molecule has 1 aromatic heterocycles. The predicted octanol–water partition coefficient (Wildman–Crippen LogP) is 7.04. The predicted molar refractivity (Wildman–Crippen MR) is 161 cm³/mol. The fourth-order valence-corrected chi connectivity index (χ4v) is 9.36. The highest BCUT2D eigenvalue weighted by molar-refractivity contribution is 6.71. The molecule has 8 nitrogen and oxygen atoms in total. The average Bonchev–Trinajstić information content (AvgIpc) is 3.23. The van der Waals surface area contributed by atoms with Crippen molar-refractivity contribution in [2.75, 3.05) is 12.3 Å². The quantitative estimate of drug-likeness (QED) is 0.133. The summed E-state index contributed by atoms with van der Waals surface area (Å²) in [6.45, 7) is 14.2. The maximum absolute atomic E-state index is 12.5. The first kappa shape index (κ1) is 33.1. The normalized spacial score (nSPS) is 20.3. The Morgan fingerprint density at radius 1 is 0.921 bits per heavy atom. The molecule has 10 heteroatoms. The third-order valence-corrected chi connectivity index (χ3v) is 12.6. The minimum atomic E-state index is -1.91. The van der Waals surface area contributed by atoms with Crippen LogP contribution in [0.4, 0.5) is 5.95 Å². The Hall–Kier alpha value is -1.08. The van der Waals surface area contributed by atoms with Gasteiger partial charge in [-0.05, 0) is 38.3 Å². The number of rotatable bonds is 20. The van der Waals surface area contributed by atoms with Crippen LogP contribution in [0.2, 0.25) is 38.3 Å². The van der Waals surface area contributed by atoms with Crippen LogP contribution in [0.5, 0.6) is 0 Å². The monoisotopic (exact) mass is 568 g/mol. The lowest BCUT2D eigenvalue weighted by Crippen LogP contribution is -2.42. The molecule has 1 aliphatic rings. The molecule has 0 radical (unpaired) electrons. The number of hydrogen-bond acceptors (Lipinski definition) is 7. The molecule has 3 atom stereocenters. The van der Waals surface area contributed by atoms with Gasteiger partial charge in [0.2, 0.25) is 5.95 Å². The molecule has 0 unspecified atom stereocenters. The fraction of sp³-hybridized carbons (Fsp3) is 0.893. The highest BCUT2D eigenvalue weighted by Crippen LogP contribution is 2.34. The average molecular weight is 569 g/mol. The van der Waals surface area contributed by atoms with E-state index in [-0.39, 0.29) is 18.2 Å². The first-order valence-electron chi connectivity index (χ1n) is 15.2. The van der Waals surface area contributed by atoms with Gasteiger partial charge in [0.1, 0.15) is 18.7 Å². The van der Waals surface area contributed by atoms with Crippen molar-refractivity contribution in [1.29, 1.82) is 0 Å². The summed E-state index contributed by atoms with van der Waals surface area (Å²) < 4.78 is 21.2. The molecule has 0 amide bonds. The second-order valence-corrected chi connectivity index (χ2v) is 20.9. The van der Waals surface area contributed by atoms with Crippen molar-refractivity contribution in [1.82, 2.24) is 14.5 Å². The van der Waals surface area contributed by atoms with E-state index in [1.165, 1.54) is 87.9 Å². The van der Waals surface area contributed by atoms with Crippen LogP contribution in [0.25, 0.3) is 0 Å². The summed E-state index contributed by atoms with van der Waals surface area (Å²) in [6, 6.07) is 2.29. The molecule has 220 valence electrons. The molecule has 1 fully saturated rings. The van der Waals surface area contributed by atoms with Crippen LogP contribution in [0.3, 0.4) is 0 Å². The molecule has 0 aliphatic carbocycles. The van der Waals surface area contributed by atoms with Crippen LogP contribution in [0.1, 0.15) is 104 Å². The second-order valence-electron chi connectivity index (χ2n) is 12.3. The van der Waals surface area contributed by atoms with Crippen molar-refractivity contribution in [2.45, 2.75) is 154 Å². The molecular weight excluding hydrogens is 513 g/mol. The van der Waals surface area contributed by atoms with Crippen LogP contribution in [-0.2, 0) is 13.6 Å². The first-order valence-corrected chi connectivity index (χ1v) is 21.5. The minimum absolute atomic E-state index is 0.0214. The van der Waals surface area contributed by atoms with Gasteiger partial charge in [-0.15, -0.1) is 0 Å². The molecule has 2 rings (SSSR count). The summed E-state index contributed by atoms with van der Waals surface area (Å²) in [6.07, 6.45) is 16.7.